The van der Waals surface area contributed by atoms with Gasteiger partial charge in [-0.1, -0.05) is 59.8 Å². The van der Waals surface area contributed by atoms with Crippen molar-refractivity contribution in [2.75, 3.05) is 5.32 Å². The van der Waals surface area contributed by atoms with Crippen LogP contribution in [0.1, 0.15) is 16.4 Å². The summed E-state index contributed by atoms with van der Waals surface area (Å²) in [6.07, 6.45) is 1.59. The van der Waals surface area contributed by atoms with E-state index in [1.165, 1.54) is 11.8 Å². The first-order chi connectivity index (χ1) is 14.5. The monoisotopic (exact) mass is 438 g/mol. The van der Waals surface area contributed by atoms with Crippen LogP contribution in [0.25, 0.3) is 11.6 Å². The lowest BCUT2D eigenvalue weighted by Crippen LogP contribution is -2.19. The average Bonchev–Trinajstić information content (AvgIpc) is 3.39. The number of thioether (sulfide) groups is 1. The summed E-state index contributed by atoms with van der Waals surface area (Å²) in [5.41, 5.74) is 2.46. The number of amides is 1. The van der Waals surface area contributed by atoms with Crippen LogP contribution < -0.4 is 5.32 Å². The zero-order valence-electron chi connectivity index (χ0n) is 16.4. The average molecular weight is 439 g/mol. The van der Waals surface area contributed by atoms with E-state index in [2.05, 4.69) is 15.5 Å². The first kappa shape index (κ1) is 20.3. The highest BCUT2D eigenvalue weighted by Gasteiger charge is 2.26. The zero-order valence-corrected chi connectivity index (χ0v) is 17.9. The number of aryl methyl sites for hydroxylation is 1. The van der Waals surface area contributed by atoms with Gasteiger partial charge < -0.3 is 14.3 Å². The van der Waals surface area contributed by atoms with E-state index in [0.29, 0.717) is 27.5 Å². The zero-order chi connectivity index (χ0) is 21.1. The number of carbonyl (C=O) groups is 1. The van der Waals surface area contributed by atoms with Crippen LogP contribution in [-0.2, 0) is 11.8 Å². The number of furan rings is 1. The fraction of sp³-hybridized carbons (Fsp3) is 0.136. The topological polar surface area (TPSA) is 73.0 Å². The van der Waals surface area contributed by atoms with Gasteiger partial charge in [0, 0.05) is 17.8 Å². The standard InChI is InChI=1S/C22H19ClN4O2S/c1-14-10-11-16(13-17(14)23)24-21(28)19(15-7-4-3-5-8-15)30-22-26-25-20(27(22)2)18-9-6-12-29-18/h3-13,19H,1-2H3,(H,24,28). The second-order valence-corrected chi connectivity index (χ2v) is 8.18. The van der Waals surface area contributed by atoms with Crippen molar-refractivity contribution < 1.29 is 9.21 Å². The lowest BCUT2D eigenvalue weighted by atomic mass is 10.1. The van der Waals surface area contributed by atoms with E-state index in [9.17, 15) is 4.79 Å². The van der Waals surface area contributed by atoms with E-state index in [-0.39, 0.29) is 5.91 Å². The number of hydrogen-bond donors (Lipinski definition) is 1. The summed E-state index contributed by atoms with van der Waals surface area (Å²) in [4.78, 5) is 13.2. The molecule has 30 heavy (non-hydrogen) atoms. The number of anilines is 1. The van der Waals surface area contributed by atoms with Crippen LogP contribution in [0.2, 0.25) is 5.02 Å². The molecule has 2 heterocycles. The SMILES string of the molecule is Cc1ccc(NC(=O)C(Sc2nnc(-c3ccco3)n2C)c2ccccc2)cc1Cl. The Balaban J connectivity index is 1.62. The third kappa shape index (κ3) is 4.27. The molecule has 0 bridgehead atoms. The second-order valence-electron chi connectivity index (χ2n) is 6.70. The number of halogens is 1. The number of nitrogens with zero attached hydrogens (tertiary/aromatic N) is 3. The highest BCUT2D eigenvalue weighted by molar-refractivity contribution is 8.00. The molecule has 0 aliphatic heterocycles. The summed E-state index contributed by atoms with van der Waals surface area (Å²) in [5.74, 6) is 1.04. The molecule has 1 amide bonds. The Bertz CT molecular complexity index is 1160. The Kier molecular flexibility index (Phi) is 5.92. The lowest BCUT2D eigenvalue weighted by molar-refractivity contribution is -0.115. The van der Waals surface area contributed by atoms with E-state index < -0.39 is 5.25 Å². The molecule has 8 heteroatoms. The van der Waals surface area contributed by atoms with Crippen LogP contribution >= 0.6 is 23.4 Å². The van der Waals surface area contributed by atoms with E-state index >= 15 is 0 Å². The van der Waals surface area contributed by atoms with Gasteiger partial charge in [0.25, 0.3) is 0 Å². The Labute approximate surface area is 183 Å². The lowest BCUT2D eigenvalue weighted by Gasteiger charge is -2.17. The van der Waals surface area contributed by atoms with E-state index in [1.54, 1.807) is 18.4 Å². The Hall–Kier alpha value is -3.03. The summed E-state index contributed by atoms with van der Waals surface area (Å²) < 4.78 is 7.24. The van der Waals surface area contributed by atoms with Crippen molar-refractivity contribution in [1.29, 1.82) is 0 Å². The van der Waals surface area contributed by atoms with Gasteiger partial charge in [0.1, 0.15) is 5.25 Å². The number of benzene rings is 2. The third-order valence-electron chi connectivity index (χ3n) is 4.58. The normalized spacial score (nSPS) is 12.0. The molecule has 0 aliphatic rings. The molecule has 4 rings (SSSR count). The highest BCUT2D eigenvalue weighted by Crippen LogP contribution is 2.36. The molecule has 0 radical (unpaired) electrons. The highest BCUT2D eigenvalue weighted by atomic mass is 35.5. The third-order valence-corrected chi connectivity index (χ3v) is 6.28. The number of hydrogen-bond acceptors (Lipinski definition) is 5. The first-order valence-electron chi connectivity index (χ1n) is 9.25. The number of rotatable bonds is 6. The van der Waals surface area contributed by atoms with Crippen LogP contribution in [0, 0.1) is 6.92 Å². The summed E-state index contributed by atoms with van der Waals surface area (Å²) in [7, 11) is 1.85. The van der Waals surface area contributed by atoms with Gasteiger partial charge in [-0.3, -0.25) is 4.79 Å². The quantitative estimate of drug-likeness (QED) is 0.402. The predicted molar refractivity (Wildman–Crippen MR) is 119 cm³/mol. The maximum atomic E-state index is 13.2. The molecule has 0 saturated heterocycles. The smallest absolute Gasteiger partial charge is 0.242 e. The molecule has 0 fully saturated rings. The Morgan fingerprint density at radius 1 is 1.13 bits per heavy atom. The molecule has 152 valence electrons. The molecule has 1 N–H and O–H groups in total. The van der Waals surface area contributed by atoms with Crippen LogP contribution in [0.15, 0.2) is 76.5 Å². The Morgan fingerprint density at radius 3 is 2.63 bits per heavy atom. The van der Waals surface area contributed by atoms with Crippen molar-refractivity contribution in [2.24, 2.45) is 7.05 Å². The van der Waals surface area contributed by atoms with Gasteiger partial charge in [-0.25, -0.2) is 0 Å². The number of carbonyl (C=O) groups excluding carboxylic acids is 1. The molecule has 1 unspecified atom stereocenters. The van der Waals surface area contributed by atoms with Gasteiger partial charge in [-0.15, -0.1) is 10.2 Å². The minimum atomic E-state index is -0.529. The number of nitrogens with one attached hydrogen (secondary N) is 1. The molecular formula is C22H19ClN4O2S. The van der Waals surface area contributed by atoms with E-state index in [0.717, 1.165) is 11.1 Å². The van der Waals surface area contributed by atoms with Gasteiger partial charge in [0.15, 0.2) is 16.7 Å². The van der Waals surface area contributed by atoms with Gasteiger partial charge in [0.05, 0.1) is 6.26 Å². The van der Waals surface area contributed by atoms with Crippen molar-refractivity contribution in [3.63, 3.8) is 0 Å². The van der Waals surface area contributed by atoms with Gasteiger partial charge in [-0.2, -0.15) is 0 Å². The maximum Gasteiger partial charge on any atom is 0.242 e. The minimum Gasteiger partial charge on any atom is -0.461 e. The predicted octanol–water partition coefficient (Wildman–Crippen LogP) is 5.51. The molecule has 4 aromatic rings. The largest absolute Gasteiger partial charge is 0.461 e. The van der Waals surface area contributed by atoms with Gasteiger partial charge in [0.2, 0.25) is 5.91 Å². The molecule has 2 aromatic carbocycles. The molecule has 0 saturated carbocycles. The van der Waals surface area contributed by atoms with E-state index in [4.69, 9.17) is 16.0 Å². The van der Waals surface area contributed by atoms with Crippen molar-refractivity contribution in [2.45, 2.75) is 17.3 Å². The Morgan fingerprint density at radius 2 is 1.93 bits per heavy atom. The van der Waals surface area contributed by atoms with Crippen LogP contribution in [0.3, 0.4) is 0 Å². The fourth-order valence-electron chi connectivity index (χ4n) is 2.92. The van der Waals surface area contributed by atoms with Crippen LogP contribution in [-0.4, -0.2) is 20.7 Å². The van der Waals surface area contributed by atoms with Gasteiger partial charge in [-0.05, 0) is 42.3 Å². The summed E-state index contributed by atoms with van der Waals surface area (Å²) in [5, 5.41) is 12.1. The van der Waals surface area contributed by atoms with Crippen molar-refractivity contribution in [1.82, 2.24) is 14.8 Å². The van der Waals surface area contributed by atoms with Gasteiger partial charge >= 0.3 is 0 Å². The fourth-order valence-corrected chi connectivity index (χ4v) is 4.11. The summed E-state index contributed by atoms with van der Waals surface area (Å²) in [6.45, 7) is 1.92. The van der Waals surface area contributed by atoms with Crippen molar-refractivity contribution in [3.8, 4) is 11.6 Å². The van der Waals surface area contributed by atoms with E-state index in [1.807, 2.05) is 67.1 Å². The van der Waals surface area contributed by atoms with Crippen molar-refractivity contribution >= 4 is 35.0 Å². The summed E-state index contributed by atoms with van der Waals surface area (Å²) in [6, 6.07) is 18.6. The van der Waals surface area contributed by atoms with Crippen LogP contribution in [0.4, 0.5) is 5.69 Å². The number of aromatic nitrogens is 3. The van der Waals surface area contributed by atoms with Crippen molar-refractivity contribution in [3.05, 3.63) is 83.1 Å². The molecule has 1 atom stereocenters. The molecule has 6 nitrogen and oxygen atoms in total. The maximum absolute atomic E-state index is 13.2. The molecule has 0 spiro atoms. The first-order valence-corrected chi connectivity index (χ1v) is 10.5. The van der Waals surface area contributed by atoms with Crippen LogP contribution in [0.5, 0.6) is 0 Å². The molecule has 2 aromatic heterocycles. The molecular weight excluding hydrogens is 420 g/mol. The second kappa shape index (κ2) is 8.77. The minimum absolute atomic E-state index is 0.173. The summed E-state index contributed by atoms with van der Waals surface area (Å²) >= 11 is 7.53. The molecule has 0 aliphatic carbocycles.